The number of hydrogen-bond acceptors (Lipinski definition) is 5. The predicted molar refractivity (Wildman–Crippen MR) is 91.1 cm³/mol. The summed E-state index contributed by atoms with van der Waals surface area (Å²) in [5, 5.41) is 0. The minimum absolute atomic E-state index is 0.0842. The largest absolute Gasteiger partial charge is 0.444 e. The van der Waals surface area contributed by atoms with E-state index in [9.17, 15) is 4.79 Å². The molecular formula is C18H26N4O2. The van der Waals surface area contributed by atoms with Gasteiger partial charge in [-0.25, -0.2) is 14.8 Å². The van der Waals surface area contributed by atoms with E-state index in [1.165, 1.54) is 18.4 Å². The second kappa shape index (κ2) is 5.33. The van der Waals surface area contributed by atoms with Crippen molar-refractivity contribution in [1.29, 1.82) is 0 Å². The summed E-state index contributed by atoms with van der Waals surface area (Å²) < 4.78 is 5.58. The SMILES string of the molecule is CC(C)(C)OC(=O)N1CCN(c2ncc(C3CC3)cn2)CC12CC2. The Labute approximate surface area is 143 Å². The van der Waals surface area contributed by atoms with Crippen LogP contribution in [0, 0.1) is 0 Å². The van der Waals surface area contributed by atoms with Gasteiger partial charge in [-0.3, -0.25) is 4.90 Å². The molecule has 1 saturated heterocycles. The molecule has 130 valence electrons. The van der Waals surface area contributed by atoms with Crippen LogP contribution in [0.3, 0.4) is 0 Å². The molecular weight excluding hydrogens is 304 g/mol. The van der Waals surface area contributed by atoms with Gasteiger partial charge in [0.25, 0.3) is 0 Å². The number of hydrogen-bond donors (Lipinski definition) is 0. The minimum Gasteiger partial charge on any atom is -0.444 e. The molecule has 0 atom stereocenters. The third-order valence-electron chi connectivity index (χ3n) is 5.08. The maximum absolute atomic E-state index is 12.5. The zero-order valence-corrected chi connectivity index (χ0v) is 14.8. The van der Waals surface area contributed by atoms with E-state index >= 15 is 0 Å². The second-order valence-electron chi connectivity index (χ2n) is 8.37. The van der Waals surface area contributed by atoms with Gasteiger partial charge in [-0.15, -0.1) is 0 Å². The Hall–Kier alpha value is -1.85. The predicted octanol–water partition coefficient (Wildman–Crippen LogP) is 2.94. The molecule has 0 unspecified atom stereocenters. The molecule has 6 heteroatoms. The first-order chi connectivity index (χ1) is 11.4. The van der Waals surface area contributed by atoms with Gasteiger partial charge in [0, 0.05) is 32.0 Å². The maximum Gasteiger partial charge on any atom is 0.410 e. The highest BCUT2D eigenvalue weighted by Gasteiger charge is 2.54. The Morgan fingerprint density at radius 1 is 1.21 bits per heavy atom. The molecule has 0 aromatic carbocycles. The topological polar surface area (TPSA) is 58.6 Å². The summed E-state index contributed by atoms with van der Waals surface area (Å²) in [6.45, 7) is 7.96. The molecule has 3 aliphatic rings. The maximum atomic E-state index is 12.5. The highest BCUT2D eigenvalue weighted by atomic mass is 16.6. The molecule has 2 saturated carbocycles. The van der Waals surface area contributed by atoms with E-state index in [0.717, 1.165) is 31.9 Å². The summed E-state index contributed by atoms with van der Waals surface area (Å²) in [6.07, 6.45) is 8.34. The Balaban J connectivity index is 1.44. The van der Waals surface area contributed by atoms with Gasteiger partial charge in [0.2, 0.25) is 5.95 Å². The zero-order valence-electron chi connectivity index (χ0n) is 14.8. The van der Waals surface area contributed by atoms with Crippen LogP contribution in [0.15, 0.2) is 12.4 Å². The lowest BCUT2D eigenvalue weighted by Crippen LogP contribution is -2.58. The molecule has 0 radical (unpaired) electrons. The summed E-state index contributed by atoms with van der Waals surface area (Å²) in [7, 11) is 0. The Morgan fingerprint density at radius 3 is 2.42 bits per heavy atom. The molecule has 0 N–H and O–H groups in total. The molecule has 2 heterocycles. The number of ether oxygens (including phenoxy) is 1. The third kappa shape index (κ3) is 3.06. The molecule has 24 heavy (non-hydrogen) atoms. The molecule has 1 aromatic heterocycles. The van der Waals surface area contributed by atoms with E-state index in [1.807, 2.05) is 38.1 Å². The van der Waals surface area contributed by atoms with E-state index in [0.29, 0.717) is 12.5 Å². The van der Waals surface area contributed by atoms with Crippen molar-refractivity contribution in [2.75, 3.05) is 24.5 Å². The van der Waals surface area contributed by atoms with Crippen LogP contribution in [0.2, 0.25) is 0 Å². The van der Waals surface area contributed by atoms with Gasteiger partial charge in [-0.1, -0.05) is 0 Å². The van der Waals surface area contributed by atoms with Gasteiger partial charge in [0.1, 0.15) is 5.60 Å². The number of carbonyl (C=O) groups excluding carboxylic acids is 1. The van der Waals surface area contributed by atoms with Gasteiger partial charge in [-0.05, 0) is 57.9 Å². The van der Waals surface area contributed by atoms with E-state index < -0.39 is 5.60 Å². The number of piperazine rings is 1. The Morgan fingerprint density at radius 2 is 1.88 bits per heavy atom. The molecule has 1 aromatic rings. The van der Waals surface area contributed by atoms with Crippen LogP contribution in [0.4, 0.5) is 10.7 Å². The van der Waals surface area contributed by atoms with E-state index in [2.05, 4.69) is 14.9 Å². The minimum atomic E-state index is -0.452. The van der Waals surface area contributed by atoms with Crippen LogP contribution in [-0.4, -0.2) is 51.7 Å². The highest BCUT2D eigenvalue weighted by molar-refractivity contribution is 5.70. The van der Waals surface area contributed by atoms with Gasteiger partial charge in [-0.2, -0.15) is 0 Å². The lowest BCUT2D eigenvalue weighted by atomic mass is 10.1. The number of amides is 1. The molecule has 1 aliphatic heterocycles. The molecule has 2 aliphatic carbocycles. The first kappa shape index (κ1) is 15.7. The monoisotopic (exact) mass is 330 g/mol. The summed E-state index contributed by atoms with van der Waals surface area (Å²) in [5.74, 6) is 1.47. The molecule has 3 fully saturated rings. The number of nitrogens with zero attached hydrogens (tertiary/aromatic N) is 4. The van der Waals surface area contributed by atoms with E-state index in [1.54, 1.807) is 0 Å². The average molecular weight is 330 g/mol. The first-order valence-corrected chi connectivity index (χ1v) is 8.94. The number of aromatic nitrogens is 2. The third-order valence-corrected chi connectivity index (χ3v) is 5.08. The lowest BCUT2D eigenvalue weighted by Gasteiger charge is -2.42. The first-order valence-electron chi connectivity index (χ1n) is 8.94. The van der Waals surface area contributed by atoms with E-state index in [-0.39, 0.29) is 11.6 Å². The normalized spacial score (nSPS) is 22.6. The van der Waals surface area contributed by atoms with Gasteiger partial charge < -0.3 is 9.64 Å². The van der Waals surface area contributed by atoms with Crippen molar-refractivity contribution in [1.82, 2.24) is 14.9 Å². The fourth-order valence-corrected chi connectivity index (χ4v) is 3.44. The molecule has 6 nitrogen and oxygen atoms in total. The van der Waals surface area contributed by atoms with Crippen molar-refractivity contribution in [2.24, 2.45) is 0 Å². The van der Waals surface area contributed by atoms with E-state index in [4.69, 9.17) is 4.74 Å². The van der Waals surface area contributed by atoms with Crippen LogP contribution in [-0.2, 0) is 4.74 Å². The fraction of sp³-hybridized carbons (Fsp3) is 0.722. The Bertz CT molecular complexity index is 629. The smallest absolute Gasteiger partial charge is 0.410 e. The average Bonchev–Trinajstić information content (AvgIpc) is 3.41. The quantitative estimate of drug-likeness (QED) is 0.834. The van der Waals surface area contributed by atoms with Crippen molar-refractivity contribution < 1.29 is 9.53 Å². The summed E-state index contributed by atoms with van der Waals surface area (Å²) in [5.41, 5.74) is 0.720. The molecule has 1 amide bonds. The number of rotatable bonds is 2. The summed E-state index contributed by atoms with van der Waals surface area (Å²) in [4.78, 5) is 25.8. The number of carbonyl (C=O) groups is 1. The lowest BCUT2D eigenvalue weighted by molar-refractivity contribution is 0.0105. The fourth-order valence-electron chi connectivity index (χ4n) is 3.44. The van der Waals surface area contributed by atoms with Gasteiger partial charge >= 0.3 is 6.09 Å². The highest BCUT2D eigenvalue weighted by Crippen LogP contribution is 2.45. The Kier molecular flexibility index (Phi) is 3.48. The number of anilines is 1. The van der Waals surface area contributed by atoms with Crippen LogP contribution < -0.4 is 4.90 Å². The van der Waals surface area contributed by atoms with Crippen molar-refractivity contribution >= 4 is 12.0 Å². The molecule has 0 bridgehead atoms. The van der Waals surface area contributed by atoms with Crippen molar-refractivity contribution in [3.05, 3.63) is 18.0 Å². The van der Waals surface area contributed by atoms with Crippen LogP contribution in [0.1, 0.15) is 57.9 Å². The summed E-state index contributed by atoms with van der Waals surface area (Å²) >= 11 is 0. The van der Waals surface area contributed by atoms with Gasteiger partial charge in [0.05, 0.1) is 5.54 Å². The van der Waals surface area contributed by atoms with Crippen molar-refractivity contribution in [3.8, 4) is 0 Å². The van der Waals surface area contributed by atoms with Gasteiger partial charge in [0.15, 0.2) is 0 Å². The zero-order chi connectivity index (χ0) is 16.9. The molecule has 4 rings (SSSR count). The van der Waals surface area contributed by atoms with Crippen LogP contribution in [0.25, 0.3) is 0 Å². The summed E-state index contributed by atoms with van der Waals surface area (Å²) in [6, 6.07) is 0. The van der Waals surface area contributed by atoms with Crippen molar-refractivity contribution in [2.45, 2.75) is 63.5 Å². The van der Waals surface area contributed by atoms with Crippen molar-refractivity contribution in [3.63, 3.8) is 0 Å². The second-order valence-corrected chi connectivity index (χ2v) is 8.37. The van der Waals surface area contributed by atoms with Crippen LogP contribution in [0.5, 0.6) is 0 Å². The standard InChI is InChI=1S/C18H26N4O2/c1-17(2,3)24-16(23)22-9-8-21(12-18(22)6-7-18)15-19-10-14(11-20-15)13-4-5-13/h10-11,13H,4-9,12H2,1-3H3. The molecule has 1 spiro atoms. The van der Waals surface area contributed by atoms with Crippen LogP contribution >= 0.6 is 0 Å².